The van der Waals surface area contributed by atoms with Gasteiger partial charge in [0.1, 0.15) is 10.7 Å². The Bertz CT molecular complexity index is 1120. The van der Waals surface area contributed by atoms with Crippen LogP contribution in [-0.2, 0) is 0 Å². The molecule has 0 amide bonds. The van der Waals surface area contributed by atoms with Crippen molar-refractivity contribution < 1.29 is 4.74 Å². The Labute approximate surface area is 164 Å². The first-order valence-corrected chi connectivity index (χ1v) is 9.49. The zero-order valence-electron chi connectivity index (χ0n) is 13.9. The average molecular weight is 402 g/mol. The van der Waals surface area contributed by atoms with Crippen LogP contribution in [0.4, 0.5) is 0 Å². The molecule has 26 heavy (non-hydrogen) atoms. The molecule has 2 atom stereocenters. The second-order valence-electron chi connectivity index (χ2n) is 6.27. The number of pyridine rings is 1. The van der Waals surface area contributed by atoms with Gasteiger partial charge in [-0.2, -0.15) is 5.26 Å². The number of ether oxygens (including phenoxy) is 1. The van der Waals surface area contributed by atoms with E-state index in [1.807, 2.05) is 26.0 Å². The highest BCUT2D eigenvalue weighted by Crippen LogP contribution is 2.51. The van der Waals surface area contributed by atoms with Crippen molar-refractivity contribution in [2.75, 3.05) is 0 Å². The maximum absolute atomic E-state index is 9.69. The van der Waals surface area contributed by atoms with Crippen LogP contribution in [0.15, 0.2) is 24.3 Å². The maximum atomic E-state index is 9.69. The van der Waals surface area contributed by atoms with Gasteiger partial charge >= 0.3 is 0 Å². The molecule has 1 aliphatic heterocycles. The summed E-state index contributed by atoms with van der Waals surface area (Å²) in [5.41, 5.74) is 2.72. The summed E-state index contributed by atoms with van der Waals surface area (Å²) < 4.78 is 5.79. The van der Waals surface area contributed by atoms with Crippen molar-refractivity contribution in [2.45, 2.75) is 19.8 Å². The third kappa shape index (κ3) is 2.57. The highest BCUT2D eigenvalue weighted by atomic mass is 35.5. The maximum Gasteiger partial charge on any atom is 0.205 e. The average Bonchev–Trinajstić information content (AvgIpc) is 2.92. The summed E-state index contributed by atoms with van der Waals surface area (Å²) >= 11 is 14.0. The molecule has 4 nitrogen and oxygen atoms in total. The molecule has 2 aromatic heterocycles. The predicted octanol–water partition coefficient (Wildman–Crippen LogP) is 5.86. The molecule has 0 saturated carbocycles. The molecule has 130 valence electrons. The Morgan fingerprint density at radius 2 is 2.04 bits per heavy atom. The van der Waals surface area contributed by atoms with Gasteiger partial charge in [-0.05, 0) is 43.2 Å². The fourth-order valence-electron chi connectivity index (χ4n) is 3.42. The minimum atomic E-state index is -0.754. The first kappa shape index (κ1) is 17.3. The molecule has 0 fully saturated rings. The SMILES string of the molecule is Cc1cc(C)c2c3c(sc2n1)C(c1ccc(Cl)cc1Cl)C(C#N)C(=N)O3. The molecule has 4 rings (SSSR count). The third-order valence-corrected chi connectivity index (χ3v) is 6.23. The first-order valence-electron chi connectivity index (χ1n) is 7.92. The van der Waals surface area contributed by atoms with Crippen molar-refractivity contribution in [1.29, 1.82) is 10.7 Å². The van der Waals surface area contributed by atoms with Gasteiger partial charge in [-0.25, -0.2) is 4.98 Å². The zero-order chi connectivity index (χ0) is 18.6. The minimum Gasteiger partial charge on any atom is -0.440 e. The van der Waals surface area contributed by atoms with Gasteiger partial charge in [0.2, 0.25) is 5.90 Å². The number of halogens is 2. The van der Waals surface area contributed by atoms with Gasteiger partial charge in [0.05, 0.1) is 16.3 Å². The molecule has 1 aromatic carbocycles. The summed E-state index contributed by atoms with van der Waals surface area (Å²) in [7, 11) is 0. The second kappa shape index (κ2) is 6.24. The van der Waals surface area contributed by atoms with E-state index in [2.05, 4.69) is 11.1 Å². The van der Waals surface area contributed by atoms with E-state index in [4.69, 9.17) is 33.3 Å². The van der Waals surface area contributed by atoms with E-state index in [9.17, 15) is 5.26 Å². The van der Waals surface area contributed by atoms with Crippen molar-refractivity contribution in [1.82, 2.24) is 4.98 Å². The molecule has 3 heterocycles. The van der Waals surface area contributed by atoms with Crippen LogP contribution in [0.1, 0.15) is 27.6 Å². The number of thiophene rings is 1. The van der Waals surface area contributed by atoms with Crippen molar-refractivity contribution in [3.63, 3.8) is 0 Å². The topological polar surface area (TPSA) is 69.8 Å². The van der Waals surface area contributed by atoms with Crippen LogP contribution in [0, 0.1) is 36.5 Å². The summed E-state index contributed by atoms with van der Waals surface area (Å²) in [5, 5.41) is 19.8. The van der Waals surface area contributed by atoms with Crippen molar-refractivity contribution in [3.8, 4) is 11.8 Å². The second-order valence-corrected chi connectivity index (χ2v) is 8.15. The molecule has 2 unspecified atom stereocenters. The van der Waals surface area contributed by atoms with Crippen LogP contribution < -0.4 is 4.74 Å². The van der Waals surface area contributed by atoms with E-state index in [-0.39, 0.29) is 11.8 Å². The van der Waals surface area contributed by atoms with Crippen LogP contribution in [-0.4, -0.2) is 10.9 Å². The molecule has 0 radical (unpaired) electrons. The molecule has 0 spiro atoms. The van der Waals surface area contributed by atoms with Crippen molar-refractivity contribution in [2.24, 2.45) is 5.92 Å². The van der Waals surface area contributed by atoms with E-state index in [1.165, 1.54) is 11.3 Å². The summed E-state index contributed by atoms with van der Waals surface area (Å²) in [4.78, 5) is 6.32. The molecular weight excluding hydrogens is 389 g/mol. The summed E-state index contributed by atoms with van der Waals surface area (Å²) in [6, 6.07) is 9.41. The summed E-state index contributed by atoms with van der Waals surface area (Å²) in [6.45, 7) is 3.94. The number of hydrogen-bond acceptors (Lipinski definition) is 5. The number of fused-ring (bicyclic) bond motifs is 3. The molecule has 7 heteroatoms. The number of aromatic nitrogens is 1. The highest BCUT2D eigenvalue weighted by molar-refractivity contribution is 7.19. The molecule has 0 saturated heterocycles. The number of aryl methyl sites for hydroxylation is 2. The summed E-state index contributed by atoms with van der Waals surface area (Å²) in [6.07, 6.45) is 0. The Kier molecular flexibility index (Phi) is 4.15. The molecular formula is C19H13Cl2N3OS. The van der Waals surface area contributed by atoms with Crippen LogP contribution in [0.3, 0.4) is 0 Å². The lowest BCUT2D eigenvalue weighted by Gasteiger charge is -2.28. The normalized spacial score (nSPS) is 19.1. The highest BCUT2D eigenvalue weighted by Gasteiger charge is 2.40. The Morgan fingerprint density at radius 3 is 2.73 bits per heavy atom. The number of hydrogen-bond donors (Lipinski definition) is 1. The number of benzene rings is 1. The van der Waals surface area contributed by atoms with Gasteiger partial charge in [0, 0.05) is 21.7 Å². The van der Waals surface area contributed by atoms with E-state index in [1.54, 1.807) is 12.1 Å². The van der Waals surface area contributed by atoms with Crippen LogP contribution in [0.5, 0.6) is 5.75 Å². The number of nitriles is 1. The smallest absolute Gasteiger partial charge is 0.205 e. The molecule has 0 aliphatic carbocycles. The molecule has 3 aromatic rings. The zero-order valence-corrected chi connectivity index (χ0v) is 16.3. The Hall–Kier alpha value is -2.13. The van der Waals surface area contributed by atoms with Gasteiger partial charge in [-0.3, -0.25) is 5.41 Å². The minimum absolute atomic E-state index is 0.0734. The van der Waals surface area contributed by atoms with Crippen LogP contribution >= 0.6 is 34.5 Å². The Morgan fingerprint density at radius 1 is 1.27 bits per heavy atom. The van der Waals surface area contributed by atoms with Gasteiger partial charge in [-0.1, -0.05) is 29.3 Å². The lowest BCUT2D eigenvalue weighted by atomic mass is 9.83. The fraction of sp³-hybridized carbons (Fsp3) is 0.211. The lowest BCUT2D eigenvalue weighted by molar-refractivity contribution is 0.461. The molecule has 1 aliphatic rings. The molecule has 1 N–H and O–H groups in total. The van der Waals surface area contributed by atoms with E-state index < -0.39 is 5.92 Å². The van der Waals surface area contributed by atoms with Crippen LogP contribution in [0.25, 0.3) is 10.2 Å². The van der Waals surface area contributed by atoms with E-state index >= 15 is 0 Å². The third-order valence-electron chi connectivity index (χ3n) is 4.52. The Balaban J connectivity index is 2.04. The van der Waals surface area contributed by atoms with Gasteiger partial charge in [-0.15, -0.1) is 11.3 Å². The largest absolute Gasteiger partial charge is 0.440 e. The fourth-order valence-corrected chi connectivity index (χ4v) is 5.32. The lowest BCUT2D eigenvalue weighted by Crippen LogP contribution is -2.30. The summed E-state index contributed by atoms with van der Waals surface area (Å²) in [5.74, 6) is -0.603. The predicted molar refractivity (Wildman–Crippen MR) is 105 cm³/mol. The van der Waals surface area contributed by atoms with Crippen molar-refractivity contribution >= 4 is 50.7 Å². The van der Waals surface area contributed by atoms with Crippen LogP contribution in [0.2, 0.25) is 10.0 Å². The van der Waals surface area contributed by atoms with Gasteiger partial charge in [0.25, 0.3) is 0 Å². The number of nitrogens with zero attached hydrogens (tertiary/aromatic N) is 2. The van der Waals surface area contributed by atoms with Crippen molar-refractivity contribution in [3.05, 3.63) is 56.0 Å². The monoisotopic (exact) mass is 401 g/mol. The molecule has 0 bridgehead atoms. The number of nitrogens with one attached hydrogen (secondary N) is 1. The number of rotatable bonds is 1. The van der Waals surface area contributed by atoms with E-state index in [0.29, 0.717) is 15.8 Å². The van der Waals surface area contributed by atoms with E-state index in [0.717, 1.165) is 31.9 Å². The van der Waals surface area contributed by atoms with Gasteiger partial charge < -0.3 is 4.74 Å². The quantitative estimate of drug-likeness (QED) is 0.554. The standard InChI is InChI=1S/C19H13Cl2N3OS/c1-8-5-9(2)24-19-14(8)16-17(26-19)15(12(7-22)18(23)25-16)11-4-3-10(20)6-13(11)21/h3-6,12,15,23H,1-2H3. The first-order chi connectivity index (χ1) is 12.4. The van der Waals surface area contributed by atoms with Gasteiger partial charge in [0.15, 0.2) is 5.75 Å².